The van der Waals surface area contributed by atoms with Gasteiger partial charge in [-0.2, -0.15) is 0 Å². The highest BCUT2D eigenvalue weighted by molar-refractivity contribution is 4.86. The van der Waals surface area contributed by atoms with Crippen LogP contribution in [0.3, 0.4) is 0 Å². The Morgan fingerprint density at radius 2 is 1.94 bits per heavy atom. The molecular weight excluding hydrogens is 196 g/mol. The van der Waals surface area contributed by atoms with Gasteiger partial charge in [-0.25, -0.2) is 0 Å². The summed E-state index contributed by atoms with van der Waals surface area (Å²) in [5.41, 5.74) is 0.475. The molecule has 1 N–H and O–H groups in total. The van der Waals surface area contributed by atoms with Crippen molar-refractivity contribution in [3.05, 3.63) is 0 Å². The van der Waals surface area contributed by atoms with Crippen molar-refractivity contribution in [2.45, 2.75) is 59.5 Å². The van der Waals surface area contributed by atoms with Crippen molar-refractivity contribution in [2.24, 2.45) is 11.3 Å². The molecule has 3 atom stereocenters. The molecule has 1 aliphatic heterocycles. The van der Waals surface area contributed by atoms with Crippen molar-refractivity contribution in [3.8, 4) is 0 Å². The highest BCUT2D eigenvalue weighted by atomic mass is 15.2. The molecule has 0 aromatic rings. The molecule has 0 spiro atoms. The fourth-order valence-corrected chi connectivity index (χ4v) is 2.67. The van der Waals surface area contributed by atoms with E-state index in [4.69, 9.17) is 0 Å². The third-order valence-corrected chi connectivity index (χ3v) is 4.26. The summed E-state index contributed by atoms with van der Waals surface area (Å²) in [6.45, 7) is 14.4. The van der Waals surface area contributed by atoms with Crippen LogP contribution < -0.4 is 5.32 Å². The minimum Gasteiger partial charge on any atom is -0.317 e. The van der Waals surface area contributed by atoms with Crippen molar-refractivity contribution in [2.75, 3.05) is 20.1 Å². The summed E-state index contributed by atoms with van der Waals surface area (Å²) in [4.78, 5) is 2.67. The van der Waals surface area contributed by atoms with Crippen LogP contribution in [0.4, 0.5) is 0 Å². The van der Waals surface area contributed by atoms with Crippen LogP contribution in [0, 0.1) is 11.3 Å². The van der Waals surface area contributed by atoms with Crippen LogP contribution in [-0.4, -0.2) is 37.1 Å². The molecule has 3 unspecified atom stereocenters. The van der Waals surface area contributed by atoms with Gasteiger partial charge in [-0.1, -0.05) is 20.8 Å². The van der Waals surface area contributed by atoms with Crippen LogP contribution in [0.25, 0.3) is 0 Å². The molecule has 0 aromatic heterocycles. The lowest BCUT2D eigenvalue weighted by atomic mass is 9.80. The van der Waals surface area contributed by atoms with E-state index in [1.165, 1.54) is 25.9 Å². The van der Waals surface area contributed by atoms with Gasteiger partial charge >= 0.3 is 0 Å². The van der Waals surface area contributed by atoms with E-state index < -0.39 is 0 Å². The number of nitrogens with one attached hydrogen (secondary N) is 1. The Morgan fingerprint density at radius 1 is 1.31 bits per heavy atom. The van der Waals surface area contributed by atoms with E-state index in [1.54, 1.807) is 0 Å². The number of hydrogen-bond donors (Lipinski definition) is 1. The van der Waals surface area contributed by atoms with Gasteiger partial charge in [0.15, 0.2) is 0 Å². The van der Waals surface area contributed by atoms with Gasteiger partial charge in [-0.3, -0.25) is 0 Å². The summed E-state index contributed by atoms with van der Waals surface area (Å²) in [6, 6.07) is 1.35. The zero-order valence-corrected chi connectivity index (χ0v) is 12.0. The van der Waals surface area contributed by atoms with E-state index in [0.717, 1.165) is 12.0 Å². The van der Waals surface area contributed by atoms with Crippen LogP contribution in [0.15, 0.2) is 0 Å². The van der Waals surface area contributed by atoms with E-state index >= 15 is 0 Å². The molecule has 1 saturated heterocycles. The second kappa shape index (κ2) is 5.50. The van der Waals surface area contributed by atoms with Gasteiger partial charge in [0.05, 0.1) is 0 Å². The van der Waals surface area contributed by atoms with Crippen molar-refractivity contribution < 1.29 is 0 Å². The number of hydrogen-bond acceptors (Lipinski definition) is 2. The topological polar surface area (TPSA) is 15.3 Å². The zero-order chi connectivity index (χ0) is 12.3. The first-order chi connectivity index (χ1) is 7.34. The van der Waals surface area contributed by atoms with Crippen molar-refractivity contribution in [1.29, 1.82) is 0 Å². The lowest BCUT2D eigenvalue weighted by molar-refractivity contribution is 0.190. The van der Waals surface area contributed by atoms with Crippen molar-refractivity contribution in [1.82, 2.24) is 10.2 Å². The fraction of sp³-hybridized carbons (Fsp3) is 1.00. The second-order valence-corrected chi connectivity index (χ2v) is 6.62. The van der Waals surface area contributed by atoms with E-state index in [0.29, 0.717) is 11.5 Å². The quantitative estimate of drug-likeness (QED) is 0.793. The minimum atomic E-state index is 0.475. The Labute approximate surface area is 102 Å². The lowest BCUT2D eigenvalue weighted by Crippen LogP contribution is -2.37. The first-order valence-corrected chi connectivity index (χ1v) is 6.76. The molecule has 1 aliphatic rings. The van der Waals surface area contributed by atoms with Crippen LogP contribution >= 0.6 is 0 Å². The number of nitrogens with zero attached hydrogens (tertiary/aromatic N) is 1. The maximum absolute atomic E-state index is 3.33. The summed E-state index contributed by atoms with van der Waals surface area (Å²) in [6.07, 6.45) is 2.63. The van der Waals surface area contributed by atoms with E-state index in [1.807, 2.05) is 0 Å². The standard InChI is InChI=1S/C14H30N2/c1-11(15-6)9-12(2)16-8-7-13(10-16)14(3,4)5/h11-13,15H,7-10H2,1-6H3. The highest BCUT2D eigenvalue weighted by Crippen LogP contribution is 2.34. The molecule has 96 valence electrons. The van der Waals surface area contributed by atoms with Crippen LogP contribution in [0.5, 0.6) is 0 Å². The van der Waals surface area contributed by atoms with Gasteiger partial charge in [-0.05, 0) is 51.6 Å². The number of rotatable bonds is 4. The molecule has 1 heterocycles. The molecule has 0 aliphatic carbocycles. The molecule has 0 amide bonds. The Balaban J connectivity index is 2.41. The first-order valence-electron chi connectivity index (χ1n) is 6.76. The maximum atomic E-state index is 3.33. The smallest absolute Gasteiger partial charge is 0.00817 e. The molecule has 0 saturated carbocycles. The molecule has 2 nitrogen and oxygen atoms in total. The SMILES string of the molecule is CNC(C)CC(C)N1CCC(C(C)(C)C)C1. The third kappa shape index (κ3) is 3.74. The Kier molecular flexibility index (Phi) is 4.81. The monoisotopic (exact) mass is 226 g/mol. The third-order valence-electron chi connectivity index (χ3n) is 4.26. The summed E-state index contributed by atoms with van der Waals surface area (Å²) < 4.78 is 0. The fourth-order valence-electron chi connectivity index (χ4n) is 2.67. The average molecular weight is 226 g/mol. The largest absolute Gasteiger partial charge is 0.317 e. The second-order valence-electron chi connectivity index (χ2n) is 6.62. The number of likely N-dealkylation sites (tertiary alicyclic amines) is 1. The molecule has 1 fully saturated rings. The van der Waals surface area contributed by atoms with Gasteiger partial charge < -0.3 is 10.2 Å². The van der Waals surface area contributed by atoms with Gasteiger partial charge in [0.2, 0.25) is 0 Å². The van der Waals surface area contributed by atoms with Crippen LogP contribution in [0.1, 0.15) is 47.5 Å². The first kappa shape index (κ1) is 14.0. The van der Waals surface area contributed by atoms with Gasteiger partial charge in [0, 0.05) is 18.6 Å². The van der Waals surface area contributed by atoms with Crippen molar-refractivity contribution in [3.63, 3.8) is 0 Å². The maximum Gasteiger partial charge on any atom is 0.00817 e. The Hall–Kier alpha value is -0.0800. The Bertz CT molecular complexity index is 207. The predicted octanol–water partition coefficient (Wildman–Crippen LogP) is 2.74. The molecule has 0 aromatic carbocycles. The highest BCUT2D eigenvalue weighted by Gasteiger charge is 2.33. The zero-order valence-electron chi connectivity index (χ0n) is 12.0. The molecule has 0 radical (unpaired) electrons. The summed E-state index contributed by atoms with van der Waals surface area (Å²) >= 11 is 0. The van der Waals surface area contributed by atoms with E-state index in [2.05, 4.69) is 51.9 Å². The van der Waals surface area contributed by atoms with Crippen LogP contribution in [-0.2, 0) is 0 Å². The summed E-state index contributed by atoms with van der Waals surface area (Å²) in [5.74, 6) is 0.875. The molecule has 0 bridgehead atoms. The molecule has 2 heteroatoms. The molecular formula is C14H30N2. The summed E-state index contributed by atoms with van der Waals surface area (Å²) in [5, 5.41) is 3.33. The van der Waals surface area contributed by atoms with Gasteiger partial charge in [-0.15, -0.1) is 0 Å². The Morgan fingerprint density at radius 3 is 2.38 bits per heavy atom. The van der Waals surface area contributed by atoms with Crippen LogP contribution in [0.2, 0.25) is 0 Å². The average Bonchev–Trinajstić information content (AvgIpc) is 2.65. The molecule has 16 heavy (non-hydrogen) atoms. The normalized spacial score (nSPS) is 27.0. The van der Waals surface area contributed by atoms with Gasteiger partial charge in [0.25, 0.3) is 0 Å². The lowest BCUT2D eigenvalue weighted by Gasteiger charge is -2.30. The van der Waals surface area contributed by atoms with E-state index in [-0.39, 0.29) is 0 Å². The predicted molar refractivity (Wildman–Crippen MR) is 71.7 cm³/mol. The van der Waals surface area contributed by atoms with Gasteiger partial charge in [0.1, 0.15) is 0 Å². The van der Waals surface area contributed by atoms with Crippen molar-refractivity contribution >= 4 is 0 Å². The summed E-state index contributed by atoms with van der Waals surface area (Å²) in [7, 11) is 2.05. The minimum absolute atomic E-state index is 0.475. The molecule has 1 rings (SSSR count). The van der Waals surface area contributed by atoms with E-state index in [9.17, 15) is 0 Å².